The number of ether oxygens (including phenoxy) is 2. The summed E-state index contributed by atoms with van der Waals surface area (Å²) >= 11 is 3.55. The van der Waals surface area contributed by atoms with E-state index >= 15 is 0 Å². The molecular weight excluding hydrogens is 556 g/mol. The van der Waals surface area contributed by atoms with Crippen LogP contribution in [0.2, 0.25) is 0 Å². The molecule has 39 heavy (non-hydrogen) atoms. The van der Waals surface area contributed by atoms with E-state index in [2.05, 4.69) is 21.2 Å². The highest BCUT2D eigenvalue weighted by Crippen LogP contribution is 2.28. The fraction of sp³-hybridized carbons (Fsp3) is 0.375. The topological polar surface area (TPSA) is 67.9 Å². The minimum absolute atomic E-state index is 0.0627. The fourth-order valence-electron chi connectivity index (χ4n) is 5.18. The Hall–Kier alpha value is -3.32. The van der Waals surface area contributed by atoms with Crippen LogP contribution in [-0.2, 0) is 29.0 Å². The van der Waals surface area contributed by atoms with Crippen molar-refractivity contribution in [3.63, 3.8) is 0 Å². The summed E-state index contributed by atoms with van der Waals surface area (Å²) in [6.07, 6.45) is 5.48. The summed E-state index contributed by atoms with van der Waals surface area (Å²) in [5, 5.41) is 3.26. The molecule has 0 aliphatic heterocycles. The predicted molar refractivity (Wildman–Crippen MR) is 157 cm³/mol. The van der Waals surface area contributed by atoms with Crippen molar-refractivity contribution in [3.8, 4) is 11.5 Å². The molecular formula is C32H37BrN2O4. The third-order valence-corrected chi connectivity index (χ3v) is 7.78. The van der Waals surface area contributed by atoms with Gasteiger partial charge in [0.1, 0.15) is 6.04 Å². The Morgan fingerprint density at radius 2 is 1.62 bits per heavy atom. The molecule has 1 saturated carbocycles. The quantitative estimate of drug-likeness (QED) is 0.276. The van der Waals surface area contributed by atoms with Crippen molar-refractivity contribution in [1.82, 2.24) is 10.2 Å². The van der Waals surface area contributed by atoms with Crippen LogP contribution < -0.4 is 14.8 Å². The van der Waals surface area contributed by atoms with E-state index in [1.807, 2.05) is 72.8 Å². The van der Waals surface area contributed by atoms with Crippen molar-refractivity contribution in [3.05, 3.63) is 94.0 Å². The van der Waals surface area contributed by atoms with Crippen LogP contribution >= 0.6 is 15.9 Å². The van der Waals surface area contributed by atoms with Gasteiger partial charge in [0.05, 0.1) is 14.2 Å². The molecule has 206 valence electrons. The van der Waals surface area contributed by atoms with Gasteiger partial charge >= 0.3 is 0 Å². The molecule has 1 atom stereocenters. The highest BCUT2D eigenvalue weighted by molar-refractivity contribution is 9.10. The minimum atomic E-state index is -0.620. The van der Waals surface area contributed by atoms with Crippen molar-refractivity contribution >= 4 is 27.7 Å². The van der Waals surface area contributed by atoms with Crippen molar-refractivity contribution in [2.75, 3.05) is 14.2 Å². The molecule has 1 fully saturated rings. The molecule has 0 spiro atoms. The molecule has 0 aromatic heterocycles. The molecule has 3 aromatic carbocycles. The number of nitrogens with one attached hydrogen (secondary N) is 1. The Morgan fingerprint density at radius 3 is 2.31 bits per heavy atom. The highest BCUT2D eigenvalue weighted by atomic mass is 79.9. The summed E-state index contributed by atoms with van der Waals surface area (Å²) in [5.74, 6) is 1.13. The average Bonchev–Trinajstić information content (AvgIpc) is 3.47. The zero-order chi connectivity index (χ0) is 27.6. The van der Waals surface area contributed by atoms with Crippen LogP contribution in [0.5, 0.6) is 11.5 Å². The molecule has 0 radical (unpaired) electrons. The summed E-state index contributed by atoms with van der Waals surface area (Å²) < 4.78 is 11.7. The average molecular weight is 594 g/mol. The van der Waals surface area contributed by atoms with Crippen LogP contribution in [0.25, 0.3) is 0 Å². The van der Waals surface area contributed by atoms with Gasteiger partial charge in [-0.3, -0.25) is 9.59 Å². The number of amides is 2. The maximum absolute atomic E-state index is 13.9. The summed E-state index contributed by atoms with van der Waals surface area (Å²) in [5.41, 5.74) is 2.96. The second-order valence-corrected chi connectivity index (χ2v) is 11.0. The number of carbonyl (C=O) groups excluding carboxylic acids is 2. The lowest BCUT2D eigenvalue weighted by Crippen LogP contribution is -2.52. The molecule has 2 amide bonds. The van der Waals surface area contributed by atoms with Gasteiger partial charge < -0.3 is 19.7 Å². The highest BCUT2D eigenvalue weighted by Gasteiger charge is 2.32. The molecule has 4 rings (SSSR count). The standard InChI is InChI=1S/C32H37BrN2O4/c1-38-29-17-15-24(21-30(29)39-2)16-18-31(36)35(22-25-11-8-12-26(33)19-25)28(20-23-9-4-3-5-10-23)32(37)34-27-13-6-7-14-27/h3-5,8-12,15,17,19,21,27-28H,6-7,13-14,16,18,20,22H2,1-2H3,(H,34,37)/t28-/m1/s1. The Kier molecular flexibility index (Phi) is 10.4. The minimum Gasteiger partial charge on any atom is -0.493 e. The number of hydrogen-bond acceptors (Lipinski definition) is 4. The first-order chi connectivity index (χ1) is 19.0. The van der Waals surface area contributed by atoms with Crippen LogP contribution in [0.15, 0.2) is 77.3 Å². The SMILES string of the molecule is COc1ccc(CCC(=O)N(Cc2cccc(Br)c2)[C@H](Cc2ccccc2)C(=O)NC2CCCC2)cc1OC. The van der Waals surface area contributed by atoms with E-state index < -0.39 is 6.04 Å². The van der Waals surface area contributed by atoms with E-state index in [0.717, 1.165) is 46.8 Å². The van der Waals surface area contributed by atoms with Gasteiger partial charge in [-0.2, -0.15) is 0 Å². The van der Waals surface area contributed by atoms with Gasteiger partial charge in [-0.25, -0.2) is 0 Å². The Morgan fingerprint density at radius 1 is 0.897 bits per heavy atom. The molecule has 0 bridgehead atoms. The summed E-state index contributed by atoms with van der Waals surface area (Å²) in [6, 6.07) is 23.1. The van der Waals surface area contributed by atoms with E-state index in [4.69, 9.17) is 9.47 Å². The zero-order valence-electron chi connectivity index (χ0n) is 22.7. The summed E-state index contributed by atoms with van der Waals surface area (Å²) in [7, 11) is 3.20. The number of rotatable bonds is 12. The number of benzene rings is 3. The van der Waals surface area contributed by atoms with Crippen LogP contribution in [0, 0.1) is 0 Å². The molecule has 0 saturated heterocycles. The maximum atomic E-state index is 13.9. The summed E-state index contributed by atoms with van der Waals surface area (Å²) in [6.45, 7) is 0.347. The first-order valence-corrected chi connectivity index (χ1v) is 14.3. The van der Waals surface area contributed by atoms with Crippen molar-refractivity contribution in [2.24, 2.45) is 0 Å². The van der Waals surface area contributed by atoms with Gasteiger partial charge in [-0.15, -0.1) is 0 Å². The molecule has 0 heterocycles. The lowest BCUT2D eigenvalue weighted by atomic mass is 10.0. The van der Waals surface area contributed by atoms with E-state index in [0.29, 0.717) is 30.9 Å². The third kappa shape index (κ3) is 8.09. The molecule has 3 aromatic rings. The van der Waals surface area contributed by atoms with Gasteiger partial charge in [0.2, 0.25) is 11.8 Å². The van der Waals surface area contributed by atoms with Crippen LogP contribution in [0.4, 0.5) is 0 Å². The monoisotopic (exact) mass is 592 g/mol. The molecule has 7 heteroatoms. The van der Waals surface area contributed by atoms with Gasteiger partial charge in [-0.05, 0) is 60.2 Å². The number of carbonyl (C=O) groups is 2. The molecule has 1 aliphatic rings. The Bertz CT molecular complexity index is 1240. The van der Waals surface area contributed by atoms with E-state index in [1.54, 1.807) is 19.1 Å². The zero-order valence-corrected chi connectivity index (χ0v) is 24.3. The Balaban J connectivity index is 1.61. The first kappa shape index (κ1) is 28.7. The predicted octanol–water partition coefficient (Wildman–Crippen LogP) is 6.10. The van der Waals surface area contributed by atoms with Gasteiger partial charge in [0.25, 0.3) is 0 Å². The lowest BCUT2D eigenvalue weighted by molar-refractivity contribution is -0.141. The van der Waals surface area contributed by atoms with Crippen molar-refractivity contribution < 1.29 is 19.1 Å². The van der Waals surface area contributed by atoms with Gasteiger partial charge in [0, 0.05) is 29.9 Å². The molecule has 6 nitrogen and oxygen atoms in total. The van der Waals surface area contributed by atoms with E-state index in [9.17, 15) is 9.59 Å². The van der Waals surface area contributed by atoms with E-state index in [1.165, 1.54) is 0 Å². The van der Waals surface area contributed by atoms with E-state index in [-0.39, 0.29) is 24.3 Å². The lowest BCUT2D eigenvalue weighted by Gasteiger charge is -2.32. The molecule has 0 unspecified atom stereocenters. The van der Waals surface area contributed by atoms with Crippen LogP contribution in [-0.4, -0.2) is 43.0 Å². The number of nitrogens with zero attached hydrogens (tertiary/aromatic N) is 1. The third-order valence-electron chi connectivity index (χ3n) is 7.29. The fourth-order valence-corrected chi connectivity index (χ4v) is 5.63. The largest absolute Gasteiger partial charge is 0.493 e. The Labute approximate surface area is 239 Å². The smallest absolute Gasteiger partial charge is 0.243 e. The number of halogens is 1. The number of hydrogen-bond donors (Lipinski definition) is 1. The second kappa shape index (κ2) is 14.2. The van der Waals surface area contributed by atoms with Crippen LogP contribution in [0.3, 0.4) is 0 Å². The molecule has 1 aliphatic carbocycles. The molecule has 1 N–H and O–H groups in total. The van der Waals surface area contributed by atoms with Crippen LogP contribution in [0.1, 0.15) is 48.8 Å². The van der Waals surface area contributed by atoms with Crippen molar-refractivity contribution in [2.45, 2.75) is 63.6 Å². The second-order valence-electron chi connectivity index (χ2n) is 10.0. The van der Waals surface area contributed by atoms with Crippen molar-refractivity contribution in [1.29, 1.82) is 0 Å². The number of aryl methyl sites for hydroxylation is 1. The first-order valence-electron chi connectivity index (χ1n) is 13.6. The maximum Gasteiger partial charge on any atom is 0.243 e. The number of methoxy groups -OCH3 is 2. The van der Waals surface area contributed by atoms with Gasteiger partial charge in [-0.1, -0.05) is 77.3 Å². The van der Waals surface area contributed by atoms with Gasteiger partial charge in [0.15, 0.2) is 11.5 Å². The summed E-state index contributed by atoms with van der Waals surface area (Å²) in [4.78, 5) is 29.5. The normalized spacial score (nSPS) is 14.0.